The largest absolute Gasteiger partial charge is 0.497 e. The summed E-state index contributed by atoms with van der Waals surface area (Å²) in [6.07, 6.45) is 6.31. The lowest BCUT2D eigenvalue weighted by Gasteiger charge is -2.31. The van der Waals surface area contributed by atoms with Crippen molar-refractivity contribution >= 4 is 29.9 Å². The molecule has 0 radical (unpaired) electrons. The molecule has 1 aromatic carbocycles. The Hall–Kier alpha value is -1.06. The van der Waals surface area contributed by atoms with E-state index in [-0.39, 0.29) is 30.0 Å². The molecule has 2 N–H and O–H groups in total. The fourth-order valence-electron chi connectivity index (χ4n) is 4.18. The van der Waals surface area contributed by atoms with E-state index < -0.39 is 0 Å². The third-order valence-electron chi connectivity index (χ3n) is 6.09. The topological polar surface area (TPSA) is 58.1 Å². The van der Waals surface area contributed by atoms with Crippen molar-refractivity contribution in [2.45, 2.75) is 45.1 Å². The average molecular weight is 533 g/mol. The molecule has 2 rings (SSSR count). The molecule has 6 nitrogen and oxygen atoms in total. The summed E-state index contributed by atoms with van der Waals surface area (Å²) >= 11 is 0. The summed E-state index contributed by atoms with van der Waals surface area (Å²) < 4.78 is 10.9. The number of likely N-dealkylation sites (N-methyl/N-ethyl adjacent to an activating group) is 1. The van der Waals surface area contributed by atoms with Crippen molar-refractivity contribution in [1.29, 1.82) is 0 Å². The zero-order valence-electron chi connectivity index (χ0n) is 19.4. The number of nitrogens with zero attached hydrogens (tertiary/aromatic N) is 2. The van der Waals surface area contributed by atoms with E-state index in [0.717, 1.165) is 44.4 Å². The van der Waals surface area contributed by atoms with Gasteiger partial charge in [-0.3, -0.25) is 4.99 Å². The molecule has 0 bridgehead atoms. The quantitative estimate of drug-likeness (QED) is 0.195. The summed E-state index contributed by atoms with van der Waals surface area (Å²) in [6, 6.07) is 8.53. The van der Waals surface area contributed by atoms with E-state index in [1.54, 1.807) is 7.11 Å². The molecule has 1 atom stereocenters. The molecule has 1 fully saturated rings. The Labute approximate surface area is 200 Å². The Morgan fingerprint density at radius 2 is 1.83 bits per heavy atom. The first-order chi connectivity index (χ1) is 14.0. The van der Waals surface area contributed by atoms with Crippen LogP contribution >= 0.6 is 24.0 Å². The van der Waals surface area contributed by atoms with Crippen LogP contribution < -0.4 is 15.4 Å². The van der Waals surface area contributed by atoms with E-state index in [9.17, 15) is 0 Å². The molecule has 1 aromatic rings. The molecule has 0 saturated heterocycles. The van der Waals surface area contributed by atoms with E-state index in [1.165, 1.54) is 31.2 Å². The summed E-state index contributed by atoms with van der Waals surface area (Å²) in [5.41, 5.74) is 1.59. The summed E-state index contributed by atoms with van der Waals surface area (Å²) in [4.78, 5) is 6.68. The number of halogens is 1. The molecule has 1 saturated carbocycles. The van der Waals surface area contributed by atoms with Crippen molar-refractivity contribution in [3.8, 4) is 5.75 Å². The van der Waals surface area contributed by atoms with Crippen molar-refractivity contribution in [3.05, 3.63) is 29.8 Å². The standard InChI is InChI=1S/C23H40N4O2.HI/c1-6-29-16-15-23(13-7-8-14-23)18-26-22(24-2)25-17-21(27(3)4)19-9-11-20(28-5)12-10-19;/h9-12,21H,6-8,13-18H2,1-5H3,(H2,24,25,26);1H. The zero-order chi connectivity index (χ0) is 21.1. The smallest absolute Gasteiger partial charge is 0.191 e. The molecular weight excluding hydrogens is 491 g/mol. The van der Waals surface area contributed by atoms with Gasteiger partial charge in [0.2, 0.25) is 0 Å². The highest BCUT2D eigenvalue weighted by molar-refractivity contribution is 14.0. The normalized spacial score (nSPS) is 16.8. The van der Waals surface area contributed by atoms with Gasteiger partial charge in [-0.1, -0.05) is 25.0 Å². The summed E-state index contributed by atoms with van der Waals surface area (Å²) in [5, 5.41) is 7.11. The number of methoxy groups -OCH3 is 1. The molecule has 0 aromatic heterocycles. The number of hydrogen-bond acceptors (Lipinski definition) is 4. The van der Waals surface area contributed by atoms with Gasteiger partial charge in [0, 0.05) is 33.4 Å². The predicted molar refractivity (Wildman–Crippen MR) is 136 cm³/mol. The fraction of sp³-hybridized carbons (Fsp3) is 0.696. The van der Waals surface area contributed by atoms with Crippen LogP contribution in [0.1, 0.15) is 50.6 Å². The van der Waals surface area contributed by atoms with Crippen LogP contribution in [0.4, 0.5) is 0 Å². The fourth-order valence-corrected chi connectivity index (χ4v) is 4.18. The number of rotatable bonds is 11. The van der Waals surface area contributed by atoms with Gasteiger partial charge in [-0.05, 0) is 63.4 Å². The van der Waals surface area contributed by atoms with Crippen molar-refractivity contribution in [2.75, 3.05) is 54.6 Å². The first-order valence-corrected chi connectivity index (χ1v) is 10.9. The third-order valence-corrected chi connectivity index (χ3v) is 6.09. The van der Waals surface area contributed by atoms with Crippen LogP contribution in [0, 0.1) is 5.41 Å². The lowest BCUT2D eigenvalue weighted by molar-refractivity contribution is 0.105. The van der Waals surface area contributed by atoms with E-state index in [0.29, 0.717) is 5.41 Å². The number of nitrogens with one attached hydrogen (secondary N) is 2. The maximum Gasteiger partial charge on any atom is 0.191 e. The number of aliphatic imine (C=N–C) groups is 1. The number of hydrogen-bond donors (Lipinski definition) is 2. The van der Waals surface area contributed by atoms with Crippen molar-refractivity contribution in [1.82, 2.24) is 15.5 Å². The third kappa shape index (κ3) is 8.23. The van der Waals surface area contributed by atoms with Gasteiger partial charge < -0.3 is 25.0 Å². The van der Waals surface area contributed by atoms with Gasteiger partial charge in [0.15, 0.2) is 5.96 Å². The predicted octanol–water partition coefficient (Wildman–Crippen LogP) is 4.07. The van der Waals surface area contributed by atoms with Gasteiger partial charge in [-0.2, -0.15) is 0 Å². The molecule has 0 spiro atoms. The summed E-state index contributed by atoms with van der Waals surface area (Å²) in [6.45, 7) is 5.45. The second kappa shape index (κ2) is 14.1. The Balaban J connectivity index is 0.00000450. The summed E-state index contributed by atoms with van der Waals surface area (Å²) in [5.74, 6) is 1.75. The lowest BCUT2D eigenvalue weighted by Crippen LogP contribution is -2.45. The highest BCUT2D eigenvalue weighted by Gasteiger charge is 2.33. The molecule has 1 unspecified atom stereocenters. The van der Waals surface area contributed by atoms with Crippen LogP contribution in [0.5, 0.6) is 5.75 Å². The Morgan fingerprint density at radius 1 is 1.17 bits per heavy atom. The first-order valence-electron chi connectivity index (χ1n) is 10.9. The summed E-state index contributed by atoms with van der Waals surface area (Å²) in [7, 11) is 7.75. The molecule has 0 heterocycles. The van der Waals surface area contributed by atoms with Crippen LogP contribution in [0.3, 0.4) is 0 Å². The van der Waals surface area contributed by atoms with Gasteiger partial charge in [0.1, 0.15) is 5.75 Å². The van der Waals surface area contributed by atoms with Crippen molar-refractivity contribution in [3.63, 3.8) is 0 Å². The molecule has 7 heteroatoms. The molecule has 0 aliphatic heterocycles. The molecule has 0 amide bonds. The average Bonchev–Trinajstić information content (AvgIpc) is 3.20. The maximum atomic E-state index is 5.64. The van der Waals surface area contributed by atoms with Crippen molar-refractivity contribution < 1.29 is 9.47 Å². The van der Waals surface area contributed by atoms with Crippen molar-refractivity contribution in [2.24, 2.45) is 10.4 Å². The highest BCUT2D eigenvalue weighted by Crippen LogP contribution is 2.40. The van der Waals surface area contributed by atoms with Crippen LogP contribution in [0.15, 0.2) is 29.3 Å². The number of benzene rings is 1. The van der Waals surface area contributed by atoms with Crippen LogP contribution in [0.2, 0.25) is 0 Å². The SMILES string of the molecule is CCOCCC1(CNC(=NC)NCC(c2ccc(OC)cc2)N(C)C)CCCC1.I. The Morgan fingerprint density at radius 3 is 2.37 bits per heavy atom. The molecule has 1 aliphatic rings. The van der Waals surface area contributed by atoms with Gasteiger partial charge >= 0.3 is 0 Å². The second-order valence-corrected chi connectivity index (χ2v) is 8.21. The molecule has 172 valence electrons. The highest BCUT2D eigenvalue weighted by atomic mass is 127. The van der Waals surface area contributed by atoms with Crippen LogP contribution in [0.25, 0.3) is 0 Å². The van der Waals surface area contributed by atoms with Crippen LogP contribution in [-0.4, -0.2) is 65.4 Å². The van der Waals surface area contributed by atoms with E-state index >= 15 is 0 Å². The van der Waals surface area contributed by atoms with E-state index in [2.05, 4.69) is 53.7 Å². The monoisotopic (exact) mass is 532 g/mol. The number of guanidine groups is 1. The second-order valence-electron chi connectivity index (χ2n) is 8.21. The van der Waals surface area contributed by atoms with Gasteiger partial charge in [-0.25, -0.2) is 0 Å². The van der Waals surface area contributed by atoms with E-state index in [4.69, 9.17) is 9.47 Å². The maximum absolute atomic E-state index is 5.64. The minimum atomic E-state index is 0. The number of ether oxygens (including phenoxy) is 2. The molecule has 1 aliphatic carbocycles. The minimum absolute atomic E-state index is 0. The lowest BCUT2D eigenvalue weighted by atomic mass is 9.83. The minimum Gasteiger partial charge on any atom is -0.497 e. The van der Waals surface area contributed by atoms with Gasteiger partial charge in [0.25, 0.3) is 0 Å². The Kier molecular flexibility index (Phi) is 12.7. The van der Waals surface area contributed by atoms with Gasteiger partial charge in [-0.15, -0.1) is 24.0 Å². The van der Waals surface area contributed by atoms with Gasteiger partial charge in [0.05, 0.1) is 13.2 Å². The zero-order valence-corrected chi connectivity index (χ0v) is 21.7. The first kappa shape index (κ1) is 27.0. The van der Waals surface area contributed by atoms with E-state index in [1.807, 2.05) is 19.2 Å². The molecular formula is C23H41IN4O2. The van der Waals surface area contributed by atoms with Crippen LogP contribution in [-0.2, 0) is 4.74 Å². The molecule has 30 heavy (non-hydrogen) atoms. The Bertz CT molecular complexity index is 616.